The van der Waals surface area contributed by atoms with Gasteiger partial charge in [0.15, 0.2) is 0 Å². The number of carboxylic acids is 6. The predicted molar refractivity (Wildman–Crippen MR) is 106 cm³/mol. The maximum Gasteiger partial charge on any atom is 0.336 e. The Bertz CT molecular complexity index is 998. The third-order valence-corrected chi connectivity index (χ3v) is 3.45. The van der Waals surface area contributed by atoms with Crippen molar-refractivity contribution in [2.24, 2.45) is 0 Å². The Morgan fingerprint density at radius 2 is 0.688 bits per heavy atom. The van der Waals surface area contributed by atoms with E-state index in [1.54, 1.807) is 0 Å². The van der Waals surface area contributed by atoms with Gasteiger partial charge in [0.25, 0.3) is 0 Å². The first-order valence-electron chi connectivity index (χ1n) is 8.04. The van der Waals surface area contributed by atoms with E-state index in [-0.39, 0.29) is 11.1 Å². The summed E-state index contributed by atoms with van der Waals surface area (Å²) >= 11 is 0. The molecule has 168 valence electrons. The summed E-state index contributed by atoms with van der Waals surface area (Å²) in [6.07, 6.45) is 0. The molecule has 32 heavy (non-hydrogen) atoms. The van der Waals surface area contributed by atoms with Crippen LogP contribution in [0.3, 0.4) is 0 Å². The van der Waals surface area contributed by atoms with Gasteiger partial charge in [-0.05, 0) is 36.4 Å². The molecule has 0 aliphatic rings. The summed E-state index contributed by atoms with van der Waals surface area (Å²) in [5.41, 5.74) is -2.49. The van der Waals surface area contributed by atoms with E-state index >= 15 is 0 Å². The lowest BCUT2D eigenvalue weighted by Crippen LogP contribution is -2.10. The summed E-state index contributed by atoms with van der Waals surface area (Å²) in [5, 5.41) is 51.8. The summed E-state index contributed by atoms with van der Waals surface area (Å²) in [4.78, 5) is 63.5. The molecule has 0 unspecified atom stereocenters. The highest BCUT2D eigenvalue weighted by Gasteiger charge is 2.19. The van der Waals surface area contributed by atoms with Gasteiger partial charge in [0.1, 0.15) is 0 Å². The van der Waals surface area contributed by atoms with Crippen molar-refractivity contribution >= 4 is 35.8 Å². The first-order chi connectivity index (χ1) is 14.9. The van der Waals surface area contributed by atoms with E-state index in [1.807, 2.05) is 0 Å². The minimum Gasteiger partial charge on any atom is -0.478 e. The van der Waals surface area contributed by atoms with E-state index < -0.39 is 58.1 Å². The quantitative estimate of drug-likeness (QED) is 0.350. The second-order valence-corrected chi connectivity index (χ2v) is 5.35. The van der Waals surface area contributed by atoms with Crippen molar-refractivity contribution in [1.29, 1.82) is 0 Å². The smallest absolute Gasteiger partial charge is 0.336 e. The number of aromatic carboxylic acids is 6. The molecular formula is C20H16O12. The van der Waals surface area contributed by atoms with Crippen LogP contribution in [0.1, 0.15) is 62.1 Å². The van der Waals surface area contributed by atoms with Crippen molar-refractivity contribution in [2.45, 2.75) is 0 Å². The van der Waals surface area contributed by atoms with Crippen LogP contribution >= 0.6 is 0 Å². The van der Waals surface area contributed by atoms with Gasteiger partial charge in [-0.2, -0.15) is 0 Å². The maximum atomic E-state index is 10.6. The van der Waals surface area contributed by atoms with Crippen LogP contribution in [0, 0.1) is 0 Å². The van der Waals surface area contributed by atoms with Crippen molar-refractivity contribution in [1.82, 2.24) is 0 Å². The van der Waals surface area contributed by atoms with Gasteiger partial charge in [0.2, 0.25) is 0 Å². The number of carboxylic acid groups (broad SMARTS) is 6. The zero-order valence-corrected chi connectivity index (χ0v) is 16.0. The molecule has 0 aromatic heterocycles. The van der Waals surface area contributed by atoms with Gasteiger partial charge in [0.05, 0.1) is 33.4 Å². The molecule has 0 bridgehead atoms. The molecule has 0 fully saturated rings. The summed E-state index contributed by atoms with van der Waals surface area (Å²) in [6, 6.07) is 5.61. The number of carbonyl (C=O) groups is 6. The van der Waals surface area contributed by atoms with Gasteiger partial charge in [-0.25, -0.2) is 28.8 Å². The number of hydrogen-bond donors (Lipinski definition) is 6. The molecule has 12 nitrogen and oxygen atoms in total. The fourth-order valence-corrected chi connectivity index (χ4v) is 2.08. The monoisotopic (exact) mass is 448 g/mol. The fraction of sp³-hybridized carbons (Fsp3) is 0. The van der Waals surface area contributed by atoms with E-state index in [9.17, 15) is 28.8 Å². The molecule has 0 spiro atoms. The molecule has 2 aromatic carbocycles. The maximum absolute atomic E-state index is 10.6. The number of rotatable bonds is 6. The number of hydrogen-bond acceptors (Lipinski definition) is 6. The lowest BCUT2D eigenvalue weighted by Gasteiger charge is -2.02. The zero-order valence-electron chi connectivity index (χ0n) is 16.0. The first kappa shape index (κ1) is 27.0. The Morgan fingerprint density at radius 3 is 0.875 bits per heavy atom. The second-order valence-electron chi connectivity index (χ2n) is 5.35. The van der Waals surface area contributed by atoms with Crippen molar-refractivity contribution in [3.05, 3.63) is 82.9 Å². The SMILES string of the molecule is C=C.O=C(O)c1ccc(C(=O)O)c(C(=O)O)c1.O=C(O)c1ccc(C(=O)O)c(C(=O)O)c1. The summed E-state index contributed by atoms with van der Waals surface area (Å²) in [7, 11) is 0. The summed E-state index contributed by atoms with van der Waals surface area (Å²) in [5.74, 6) is -8.40. The molecule has 0 saturated carbocycles. The number of benzene rings is 2. The van der Waals surface area contributed by atoms with E-state index in [0.29, 0.717) is 0 Å². The van der Waals surface area contributed by atoms with Crippen LogP contribution in [0.2, 0.25) is 0 Å². The van der Waals surface area contributed by atoms with E-state index in [4.69, 9.17) is 30.6 Å². The lowest BCUT2D eigenvalue weighted by atomic mass is 10.0. The molecular weight excluding hydrogens is 432 g/mol. The van der Waals surface area contributed by atoms with Gasteiger partial charge in [-0.1, -0.05) is 0 Å². The van der Waals surface area contributed by atoms with Gasteiger partial charge in [0, 0.05) is 0 Å². The Kier molecular flexibility index (Phi) is 10.0. The van der Waals surface area contributed by atoms with Crippen molar-refractivity contribution < 1.29 is 59.4 Å². The molecule has 0 aliphatic heterocycles. The van der Waals surface area contributed by atoms with Gasteiger partial charge < -0.3 is 30.6 Å². The van der Waals surface area contributed by atoms with Crippen LogP contribution in [0.25, 0.3) is 0 Å². The minimum atomic E-state index is -1.48. The Labute approximate surface area is 178 Å². The molecule has 2 aromatic rings. The standard InChI is InChI=1S/2C9H6O6.C2H4/c2*10-7(11)4-1-2-5(8(12)13)6(3-4)9(14)15;1-2/h2*1-3H,(H,10,11)(H,12,13)(H,14,15);1-2H2. The van der Waals surface area contributed by atoms with Crippen LogP contribution in [0.5, 0.6) is 0 Å². The summed E-state index contributed by atoms with van der Waals surface area (Å²) < 4.78 is 0. The molecule has 0 aliphatic carbocycles. The topological polar surface area (TPSA) is 224 Å². The Morgan fingerprint density at radius 1 is 0.438 bits per heavy atom. The molecule has 0 amide bonds. The lowest BCUT2D eigenvalue weighted by molar-refractivity contribution is 0.0648. The van der Waals surface area contributed by atoms with E-state index in [1.165, 1.54) is 0 Å². The Hall–Kier alpha value is -5.00. The van der Waals surface area contributed by atoms with Crippen LogP contribution < -0.4 is 0 Å². The molecule has 2 rings (SSSR count). The zero-order chi connectivity index (χ0) is 25.2. The van der Waals surface area contributed by atoms with E-state index in [0.717, 1.165) is 36.4 Å². The molecule has 6 N–H and O–H groups in total. The average molecular weight is 448 g/mol. The van der Waals surface area contributed by atoms with Crippen molar-refractivity contribution in [2.75, 3.05) is 0 Å². The van der Waals surface area contributed by atoms with Crippen molar-refractivity contribution in [3.63, 3.8) is 0 Å². The highest BCUT2D eigenvalue weighted by atomic mass is 16.4. The third kappa shape index (κ3) is 7.11. The van der Waals surface area contributed by atoms with Crippen LogP contribution in [-0.2, 0) is 0 Å². The normalized spacial score (nSPS) is 9.12. The summed E-state index contributed by atoms with van der Waals surface area (Å²) in [6.45, 7) is 6.00. The first-order valence-corrected chi connectivity index (χ1v) is 8.04. The molecule has 12 heteroatoms. The largest absolute Gasteiger partial charge is 0.478 e. The van der Waals surface area contributed by atoms with Crippen LogP contribution in [-0.4, -0.2) is 66.5 Å². The molecule has 0 atom stereocenters. The van der Waals surface area contributed by atoms with E-state index in [2.05, 4.69) is 13.2 Å². The van der Waals surface area contributed by atoms with Gasteiger partial charge >= 0.3 is 35.8 Å². The van der Waals surface area contributed by atoms with Crippen LogP contribution in [0.15, 0.2) is 49.6 Å². The molecule has 0 radical (unpaired) electrons. The van der Waals surface area contributed by atoms with Crippen molar-refractivity contribution in [3.8, 4) is 0 Å². The highest BCUT2D eigenvalue weighted by Crippen LogP contribution is 2.13. The van der Waals surface area contributed by atoms with Gasteiger partial charge in [-0.3, -0.25) is 0 Å². The average Bonchev–Trinajstić information content (AvgIpc) is 2.74. The fourth-order valence-electron chi connectivity index (χ4n) is 2.08. The highest BCUT2D eigenvalue weighted by molar-refractivity contribution is 6.04. The second kappa shape index (κ2) is 11.9. The Balaban J connectivity index is 0.000000557. The van der Waals surface area contributed by atoms with Gasteiger partial charge in [-0.15, -0.1) is 13.2 Å². The van der Waals surface area contributed by atoms with Crippen LogP contribution in [0.4, 0.5) is 0 Å². The molecule has 0 saturated heterocycles. The predicted octanol–water partition coefficient (Wildman–Crippen LogP) is 2.36. The molecule has 0 heterocycles. The minimum absolute atomic E-state index is 0.266. The third-order valence-electron chi connectivity index (χ3n) is 3.45.